The molecule has 3 heterocycles. The van der Waals surface area contributed by atoms with Crippen LogP contribution in [-0.4, -0.2) is 68.0 Å². The number of fused-ring (bicyclic) bond motifs is 1. The molecule has 33 heavy (non-hydrogen) atoms. The quantitative estimate of drug-likeness (QED) is 0.693. The first-order valence-corrected chi connectivity index (χ1v) is 12.6. The number of benzene rings is 1. The van der Waals surface area contributed by atoms with Crippen molar-refractivity contribution < 1.29 is 23.8 Å². The Morgan fingerprint density at radius 3 is 2.70 bits per heavy atom. The molecular formula is C26H36N2O5. The summed E-state index contributed by atoms with van der Waals surface area (Å²) in [5, 5.41) is 15.1. The molecule has 1 aliphatic carbocycles. The Balaban J connectivity index is 1.19. The van der Waals surface area contributed by atoms with Crippen LogP contribution in [0.3, 0.4) is 0 Å². The Morgan fingerprint density at radius 2 is 1.94 bits per heavy atom. The fraction of sp³-hybridized carbons (Fsp3) is 0.654. The van der Waals surface area contributed by atoms with Crippen molar-refractivity contribution in [1.82, 2.24) is 10.2 Å². The highest BCUT2D eigenvalue weighted by Gasteiger charge is 2.35. The van der Waals surface area contributed by atoms with Crippen LogP contribution in [0.4, 0.5) is 0 Å². The number of ether oxygens (including phenoxy) is 2. The van der Waals surface area contributed by atoms with Gasteiger partial charge in [-0.05, 0) is 55.4 Å². The van der Waals surface area contributed by atoms with Gasteiger partial charge in [0.15, 0.2) is 5.76 Å². The van der Waals surface area contributed by atoms with Crippen LogP contribution in [0.25, 0.3) is 11.0 Å². The Hall–Kier alpha value is -1.93. The van der Waals surface area contributed by atoms with Crippen LogP contribution >= 0.6 is 0 Å². The van der Waals surface area contributed by atoms with Crippen LogP contribution in [0.15, 0.2) is 28.7 Å². The number of nitrogens with zero attached hydrogens (tertiary/aromatic N) is 1. The zero-order chi connectivity index (χ0) is 22.7. The summed E-state index contributed by atoms with van der Waals surface area (Å²) in [6.45, 7) is 5.05. The van der Waals surface area contributed by atoms with Crippen molar-refractivity contribution in [3.63, 3.8) is 0 Å². The molecule has 3 aliphatic rings. The lowest BCUT2D eigenvalue weighted by Crippen LogP contribution is -2.44. The second-order valence-electron chi connectivity index (χ2n) is 9.98. The predicted molar refractivity (Wildman–Crippen MR) is 125 cm³/mol. The molecule has 180 valence electrons. The molecule has 0 bridgehead atoms. The monoisotopic (exact) mass is 456 g/mol. The number of rotatable bonds is 6. The SMILES string of the molecule is O=C(NC[C@H]1COCCO1)c1cc2cc(C3(O)CCN(CC4CCCCC4)CC3)ccc2o1. The van der Waals surface area contributed by atoms with Gasteiger partial charge in [-0.3, -0.25) is 4.79 Å². The van der Waals surface area contributed by atoms with Crippen LogP contribution in [0.1, 0.15) is 61.1 Å². The number of aliphatic hydroxyl groups is 1. The topological polar surface area (TPSA) is 84.2 Å². The number of hydrogen-bond acceptors (Lipinski definition) is 6. The molecule has 3 fully saturated rings. The van der Waals surface area contributed by atoms with Crippen LogP contribution in [0.5, 0.6) is 0 Å². The van der Waals surface area contributed by atoms with E-state index in [9.17, 15) is 9.90 Å². The fourth-order valence-electron chi connectivity index (χ4n) is 5.52. The largest absolute Gasteiger partial charge is 0.451 e. The lowest BCUT2D eigenvalue weighted by Gasteiger charge is -2.40. The number of likely N-dealkylation sites (tertiary alicyclic amines) is 1. The van der Waals surface area contributed by atoms with E-state index >= 15 is 0 Å². The normalized spacial score (nSPS) is 24.7. The molecule has 1 amide bonds. The van der Waals surface area contributed by atoms with Gasteiger partial charge in [-0.25, -0.2) is 0 Å². The van der Waals surface area contributed by atoms with Crippen molar-refractivity contribution in [2.45, 2.75) is 56.7 Å². The molecule has 2 aromatic rings. The summed E-state index contributed by atoms with van der Waals surface area (Å²) in [6.07, 6.45) is 8.19. The molecule has 1 atom stereocenters. The molecule has 1 aromatic carbocycles. The number of piperidine rings is 1. The molecule has 2 aliphatic heterocycles. The van der Waals surface area contributed by atoms with Gasteiger partial charge in [0.05, 0.1) is 31.5 Å². The zero-order valence-corrected chi connectivity index (χ0v) is 19.4. The van der Waals surface area contributed by atoms with Crippen molar-refractivity contribution in [2.24, 2.45) is 5.92 Å². The zero-order valence-electron chi connectivity index (χ0n) is 19.4. The summed E-state index contributed by atoms with van der Waals surface area (Å²) in [5.41, 5.74) is 0.738. The minimum Gasteiger partial charge on any atom is -0.451 e. The van der Waals surface area contributed by atoms with Crippen LogP contribution < -0.4 is 5.32 Å². The third-order valence-electron chi connectivity index (χ3n) is 7.58. The lowest BCUT2D eigenvalue weighted by molar-refractivity contribution is -0.0856. The second kappa shape index (κ2) is 10.1. The highest BCUT2D eigenvalue weighted by atomic mass is 16.6. The first kappa shape index (κ1) is 22.8. The predicted octanol–water partition coefficient (Wildman–Crippen LogP) is 3.44. The number of amides is 1. The smallest absolute Gasteiger partial charge is 0.287 e. The highest BCUT2D eigenvalue weighted by Crippen LogP contribution is 2.36. The number of hydrogen-bond donors (Lipinski definition) is 2. The summed E-state index contributed by atoms with van der Waals surface area (Å²) in [7, 11) is 0. The van der Waals surface area contributed by atoms with Gasteiger partial charge in [-0.2, -0.15) is 0 Å². The van der Waals surface area contributed by atoms with Gasteiger partial charge in [0.25, 0.3) is 5.91 Å². The third-order valence-corrected chi connectivity index (χ3v) is 7.58. The van der Waals surface area contributed by atoms with Crippen LogP contribution in [0.2, 0.25) is 0 Å². The Morgan fingerprint density at radius 1 is 1.12 bits per heavy atom. The van der Waals surface area contributed by atoms with Crippen LogP contribution in [0, 0.1) is 5.92 Å². The molecule has 5 rings (SSSR count). The average molecular weight is 457 g/mol. The minimum atomic E-state index is -0.824. The summed E-state index contributed by atoms with van der Waals surface area (Å²) in [4.78, 5) is 15.1. The van der Waals surface area contributed by atoms with Crippen LogP contribution in [-0.2, 0) is 15.1 Å². The molecule has 7 nitrogen and oxygen atoms in total. The maximum absolute atomic E-state index is 12.6. The number of carbonyl (C=O) groups is 1. The number of furan rings is 1. The number of nitrogens with one attached hydrogen (secondary N) is 1. The van der Waals surface area contributed by atoms with Crippen molar-refractivity contribution >= 4 is 16.9 Å². The molecule has 2 N–H and O–H groups in total. The molecule has 7 heteroatoms. The molecule has 0 spiro atoms. The van der Waals surface area contributed by atoms with E-state index in [1.165, 1.54) is 38.6 Å². The molecule has 1 saturated carbocycles. The van der Waals surface area contributed by atoms with Gasteiger partial charge in [0.2, 0.25) is 0 Å². The fourth-order valence-corrected chi connectivity index (χ4v) is 5.52. The summed E-state index contributed by atoms with van der Waals surface area (Å²) in [6, 6.07) is 7.54. The molecule has 0 unspecified atom stereocenters. The van der Waals surface area contributed by atoms with E-state index in [0.717, 1.165) is 42.8 Å². The Bertz CT molecular complexity index is 937. The van der Waals surface area contributed by atoms with E-state index < -0.39 is 5.60 Å². The third kappa shape index (κ3) is 5.43. The first-order valence-electron chi connectivity index (χ1n) is 12.6. The van der Waals surface area contributed by atoms with Gasteiger partial charge in [0.1, 0.15) is 5.58 Å². The van der Waals surface area contributed by atoms with E-state index in [1.54, 1.807) is 6.07 Å². The van der Waals surface area contributed by atoms with Gasteiger partial charge in [0, 0.05) is 31.6 Å². The van der Waals surface area contributed by atoms with Gasteiger partial charge < -0.3 is 29.2 Å². The van der Waals surface area contributed by atoms with E-state index in [4.69, 9.17) is 13.9 Å². The van der Waals surface area contributed by atoms with Gasteiger partial charge in [-0.1, -0.05) is 25.3 Å². The van der Waals surface area contributed by atoms with E-state index in [-0.39, 0.29) is 17.8 Å². The first-order chi connectivity index (χ1) is 16.1. The van der Waals surface area contributed by atoms with E-state index in [2.05, 4.69) is 10.2 Å². The standard InChI is InChI=1S/C26H36N2O5/c29-25(27-16-22-18-31-12-13-32-22)24-15-20-14-21(6-7-23(20)33-24)26(30)8-10-28(11-9-26)17-19-4-2-1-3-5-19/h6-7,14-15,19,22,30H,1-5,8-13,16-18H2,(H,27,29)/t22-/m0/s1. The lowest BCUT2D eigenvalue weighted by atomic mass is 9.83. The second-order valence-corrected chi connectivity index (χ2v) is 9.98. The summed E-state index contributed by atoms with van der Waals surface area (Å²) in [5.74, 6) is 0.832. The van der Waals surface area contributed by atoms with Gasteiger partial charge >= 0.3 is 0 Å². The van der Waals surface area contributed by atoms with E-state index in [0.29, 0.717) is 31.9 Å². The summed E-state index contributed by atoms with van der Waals surface area (Å²) < 4.78 is 16.7. The maximum Gasteiger partial charge on any atom is 0.287 e. The van der Waals surface area contributed by atoms with Crippen molar-refractivity contribution in [3.8, 4) is 0 Å². The Labute approximate surface area is 195 Å². The average Bonchev–Trinajstić information content (AvgIpc) is 3.29. The minimum absolute atomic E-state index is 0.128. The highest BCUT2D eigenvalue weighted by molar-refractivity contribution is 5.96. The van der Waals surface area contributed by atoms with Crippen molar-refractivity contribution in [1.29, 1.82) is 0 Å². The van der Waals surface area contributed by atoms with E-state index in [1.807, 2.05) is 18.2 Å². The molecule has 1 aromatic heterocycles. The molecular weight excluding hydrogens is 420 g/mol. The Kier molecular flexibility index (Phi) is 7.02. The number of carbonyl (C=O) groups excluding carboxylic acids is 1. The van der Waals surface area contributed by atoms with Crippen molar-refractivity contribution in [3.05, 3.63) is 35.6 Å². The summed E-state index contributed by atoms with van der Waals surface area (Å²) >= 11 is 0. The molecule has 2 saturated heterocycles. The maximum atomic E-state index is 12.6. The van der Waals surface area contributed by atoms with Gasteiger partial charge in [-0.15, -0.1) is 0 Å². The molecule has 0 radical (unpaired) electrons. The van der Waals surface area contributed by atoms with Crippen molar-refractivity contribution in [2.75, 3.05) is 46.0 Å².